The molecule has 2 aromatic rings. The molecule has 0 aromatic heterocycles. The molecule has 2 rings (SSSR count). The van der Waals surface area contributed by atoms with E-state index in [4.69, 9.17) is 0 Å². The molecule has 112 valence electrons. The van der Waals surface area contributed by atoms with Crippen molar-refractivity contribution < 1.29 is 0 Å². The van der Waals surface area contributed by atoms with Crippen molar-refractivity contribution in [2.24, 2.45) is 0 Å². The van der Waals surface area contributed by atoms with Gasteiger partial charge < -0.3 is 0 Å². The van der Waals surface area contributed by atoms with Gasteiger partial charge >= 0.3 is 0 Å². The maximum atomic E-state index is 2.15. The van der Waals surface area contributed by atoms with Gasteiger partial charge in [-0.1, -0.05) is 60.7 Å². The summed E-state index contributed by atoms with van der Waals surface area (Å²) in [6.07, 6.45) is 16.6. The van der Waals surface area contributed by atoms with Gasteiger partial charge in [-0.15, -0.1) is 23.5 Å². The molecule has 0 bridgehead atoms. The average molecular weight is 325 g/mol. The quantitative estimate of drug-likeness (QED) is 0.444. The number of hydrogen-bond donors (Lipinski definition) is 0. The zero-order valence-corrected chi connectivity index (χ0v) is 14.5. The van der Waals surface area contributed by atoms with Crippen molar-refractivity contribution in [3.8, 4) is 0 Å². The lowest BCUT2D eigenvalue weighted by atomic mass is 10.2. The Labute approximate surface area is 142 Å². The van der Waals surface area contributed by atoms with Crippen LogP contribution in [0.25, 0.3) is 12.2 Å². The van der Waals surface area contributed by atoms with Crippen molar-refractivity contribution in [3.63, 3.8) is 0 Å². The Hall–Kier alpha value is -1.64. The molecule has 0 atom stereocenters. The molecule has 0 spiro atoms. The van der Waals surface area contributed by atoms with Gasteiger partial charge in [0, 0.05) is 9.79 Å². The summed E-state index contributed by atoms with van der Waals surface area (Å²) in [6, 6.07) is 17.1. The van der Waals surface area contributed by atoms with E-state index >= 15 is 0 Å². The zero-order valence-electron chi connectivity index (χ0n) is 12.9. The SMILES string of the molecule is CSc1ccc(/C=C/C=C/C=C/c2ccc(SC)cc2)cc1. The normalized spacial score (nSPS) is 11.9. The summed E-state index contributed by atoms with van der Waals surface area (Å²) < 4.78 is 0. The molecule has 0 aliphatic rings. The monoisotopic (exact) mass is 324 g/mol. The van der Waals surface area contributed by atoms with E-state index in [0.717, 1.165) is 0 Å². The number of benzene rings is 2. The van der Waals surface area contributed by atoms with Crippen LogP contribution in [0, 0.1) is 0 Å². The number of thioether (sulfide) groups is 2. The second kappa shape index (κ2) is 9.39. The smallest absolute Gasteiger partial charge is 0.00695 e. The molecule has 0 saturated carbocycles. The first-order chi connectivity index (χ1) is 10.8. The third kappa shape index (κ3) is 5.63. The lowest BCUT2D eigenvalue weighted by molar-refractivity contribution is 1.45. The predicted molar refractivity (Wildman–Crippen MR) is 104 cm³/mol. The van der Waals surface area contributed by atoms with Crippen LogP contribution in [0.15, 0.2) is 82.6 Å². The van der Waals surface area contributed by atoms with Crippen molar-refractivity contribution in [3.05, 3.63) is 84.0 Å². The third-order valence-electron chi connectivity index (χ3n) is 3.14. The molecular formula is C20H20S2. The lowest BCUT2D eigenvalue weighted by Crippen LogP contribution is -1.72. The van der Waals surface area contributed by atoms with Gasteiger partial charge in [-0.3, -0.25) is 0 Å². The minimum Gasteiger partial charge on any atom is -0.130 e. The fourth-order valence-corrected chi connectivity index (χ4v) is 2.71. The first kappa shape index (κ1) is 16.7. The molecule has 2 heteroatoms. The molecule has 0 nitrogen and oxygen atoms in total. The fraction of sp³-hybridized carbons (Fsp3) is 0.100. The molecule has 0 saturated heterocycles. The predicted octanol–water partition coefficient (Wildman–Crippen LogP) is 6.41. The van der Waals surface area contributed by atoms with E-state index in [1.807, 2.05) is 0 Å². The summed E-state index contributed by atoms with van der Waals surface area (Å²) in [6.45, 7) is 0. The molecular weight excluding hydrogens is 304 g/mol. The van der Waals surface area contributed by atoms with Crippen molar-refractivity contribution in [1.82, 2.24) is 0 Å². The minimum absolute atomic E-state index is 1.22. The molecule has 2 aromatic carbocycles. The van der Waals surface area contributed by atoms with Crippen LogP contribution in [0.2, 0.25) is 0 Å². The Bertz CT molecular complexity index is 588. The van der Waals surface area contributed by atoms with Crippen LogP contribution in [0.3, 0.4) is 0 Å². The van der Waals surface area contributed by atoms with Crippen LogP contribution in [0.5, 0.6) is 0 Å². The average Bonchev–Trinajstić information content (AvgIpc) is 2.59. The Morgan fingerprint density at radius 3 is 1.23 bits per heavy atom. The molecule has 0 N–H and O–H groups in total. The Morgan fingerprint density at radius 2 is 0.909 bits per heavy atom. The van der Waals surface area contributed by atoms with E-state index in [0.29, 0.717) is 0 Å². The van der Waals surface area contributed by atoms with Gasteiger partial charge in [0.1, 0.15) is 0 Å². The first-order valence-corrected chi connectivity index (χ1v) is 9.56. The third-order valence-corrected chi connectivity index (χ3v) is 4.63. The van der Waals surface area contributed by atoms with Crippen LogP contribution < -0.4 is 0 Å². The summed E-state index contributed by atoms with van der Waals surface area (Å²) in [7, 11) is 0. The van der Waals surface area contributed by atoms with Crippen molar-refractivity contribution >= 4 is 35.7 Å². The fourth-order valence-electron chi connectivity index (χ4n) is 1.89. The van der Waals surface area contributed by atoms with Gasteiger partial charge in [-0.25, -0.2) is 0 Å². The van der Waals surface area contributed by atoms with E-state index in [-0.39, 0.29) is 0 Å². The highest BCUT2D eigenvalue weighted by molar-refractivity contribution is 7.98. The Balaban J connectivity index is 1.85. The summed E-state index contributed by atoms with van der Waals surface area (Å²) in [5.41, 5.74) is 2.44. The summed E-state index contributed by atoms with van der Waals surface area (Å²) >= 11 is 3.53. The number of rotatable bonds is 6. The summed E-state index contributed by atoms with van der Waals surface area (Å²) in [5.74, 6) is 0. The van der Waals surface area contributed by atoms with Crippen molar-refractivity contribution in [1.29, 1.82) is 0 Å². The van der Waals surface area contributed by atoms with Crippen LogP contribution >= 0.6 is 23.5 Å². The van der Waals surface area contributed by atoms with E-state index in [2.05, 4.69) is 97.5 Å². The first-order valence-electron chi connectivity index (χ1n) is 7.11. The van der Waals surface area contributed by atoms with Gasteiger partial charge in [0.15, 0.2) is 0 Å². The molecule has 0 aliphatic heterocycles. The van der Waals surface area contributed by atoms with Gasteiger partial charge in [0.25, 0.3) is 0 Å². The summed E-state index contributed by atoms with van der Waals surface area (Å²) in [5, 5.41) is 0. The Morgan fingerprint density at radius 1 is 0.545 bits per heavy atom. The number of hydrogen-bond acceptors (Lipinski definition) is 2. The van der Waals surface area contributed by atoms with Crippen LogP contribution in [-0.4, -0.2) is 12.5 Å². The molecule has 0 heterocycles. The van der Waals surface area contributed by atoms with Crippen LogP contribution in [-0.2, 0) is 0 Å². The van der Waals surface area contributed by atoms with Crippen LogP contribution in [0.4, 0.5) is 0 Å². The molecule has 0 amide bonds. The molecule has 0 radical (unpaired) electrons. The van der Waals surface area contributed by atoms with E-state index in [1.54, 1.807) is 23.5 Å². The van der Waals surface area contributed by atoms with Crippen molar-refractivity contribution in [2.45, 2.75) is 9.79 Å². The van der Waals surface area contributed by atoms with Gasteiger partial charge in [-0.2, -0.15) is 0 Å². The molecule has 22 heavy (non-hydrogen) atoms. The highest BCUT2D eigenvalue weighted by Gasteiger charge is 1.89. The molecule has 0 aliphatic carbocycles. The van der Waals surface area contributed by atoms with Crippen LogP contribution in [0.1, 0.15) is 11.1 Å². The van der Waals surface area contributed by atoms with Gasteiger partial charge in [0.2, 0.25) is 0 Å². The molecule has 0 unspecified atom stereocenters. The largest absolute Gasteiger partial charge is 0.130 e. The number of allylic oxidation sites excluding steroid dienone is 4. The second-order valence-electron chi connectivity index (χ2n) is 4.65. The van der Waals surface area contributed by atoms with E-state index in [9.17, 15) is 0 Å². The minimum atomic E-state index is 1.22. The van der Waals surface area contributed by atoms with Gasteiger partial charge in [-0.05, 0) is 47.9 Å². The standard InChI is InChI=1S/C20H20S2/c1-21-19-13-9-17(10-14-19)7-5-3-4-6-8-18-11-15-20(22-2)16-12-18/h3-16H,1-2H3/b4-3+,7-5+,8-6+. The lowest BCUT2D eigenvalue weighted by Gasteiger charge is -1.96. The second-order valence-corrected chi connectivity index (χ2v) is 6.41. The summed E-state index contributed by atoms with van der Waals surface area (Å²) in [4.78, 5) is 2.59. The Kier molecular flexibility index (Phi) is 7.14. The van der Waals surface area contributed by atoms with Crippen molar-refractivity contribution in [2.75, 3.05) is 12.5 Å². The van der Waals surface area contributed by atoms with Gasteiger partial charge in [0.05, 0.1) is 0 Å². The maximum absolute atomic E-state index is 2.15. The van der Waals surface area contributed by atoms with E-state index in [1.165, 1.54) is 20.9 Å². The molecule has 0 fully saturated rings. The highest BCUT2D eigenvalue weighted by Crippen LogP contribution is 2.16. The maximum Gasteiger partial charge on any atom is 0.00695 e. The highest BCUT2D eigenvalue weighted by atomic mass is 32.2. The zero-order chi connectivity index (χ0) is 15.6. The topological polar surface area (TPSA) is 0 Å². The van der Waals surface area contributed by atoms with E-state index < -0.39 is 0 Å².